The van der Waals surface area contributed by atoms with Crippen molar-refractivity contribution in [2.24, 2.45) is 4.99 Å². The molecule has 0 aromatic heterocycles. The van der Waals surface area contributed by atoms with E-state index < -0.39 is 0 Å². The zero-order valence-corrected chi connectivity index (χ0v) is 4.39. The van der Waals surface area contributed by atoms with Crippen LogP contribution in [0.3, 0.4) is 0 Å². The van der Waals surface area contributed by atoms with Gasteiger partial charge in [-0.25, -0.2) is 0 Å². The number of alkyl halides is 1. The van der Waals surface area contributed by atoms with E-state index in [1.807, 2.05) is 0 Å². The van der Waals surface area contributed by atoms with Crippen LogP contribution in [0.15, 0.2) is 17.4 Å². The van der Waals surface area contributed by atoms with Gasteiger partial charge in [0.25, 0.3) is 0 Å². The standard InChI is InChI=1S/C4H5ClN2/c5-4-3-6-1-2-7-4/h1-4,7H. The lowest BCUT2D eigenvalue weighted by Crippen LogP contribution is -2.20. The maximum absolute atomic E-state index is 5.50. The second-order valence-electron chi connectivity index (χ2n) is 1.18. The first-order valence-electron chi connectivity index (χ1n) is 1.98. The number of rotatable bonds is 0. The fraction of sp³-hybridized carbons (Fsp3) is 0.250. The highest BCUT2D eigenvalue weighted by atomic mass is 35.5. The Morgan fingerprint density at radius 3 is 2.86 bits per heavy atom. The largest absolute Gasteiger partial charge is 0.370 e. The minimum atomic E-state index is -0.120. The van der Waals surface area contributed by atoms with E-state index in [2.05, 4.69) is 10.3 Å². The molecule has 7 heavy (non-hydrogen) atoms. The van der Waals surface area contributed by atoms with Crippen molar-refractivity contribution >= 4 is 17.8 Å². The third kappa shape index (κ3) is 1.20. The van der Waals surface area contributed by atoms with Gasteiger partial charge in [0.2, 0.25) is 0 Å². The Morgan fingerprint density at radius 2 is 2.57 bits per heavy atom. The zero-order chi connectivity index (χ0) is 5.11. The van der Waals surface area contributed by atoms with Gasteiger partial charge in [-0.1, -0.05) is 11.6 Å². The Hall–Kier alpha value is -0.500. The number of hydrogen-bond donors (Lipinski definition) is 1. The summed E-state index contributed by atoms with van der Waals surface area (Å²) in [6.45, 7) is 0. The van der Waals surface area contributed by atoms with Crippen LogP contribution in [-0.4, -0.2) is 11.7 Å². The minimum absolute atomic E-state index is 0.120. The first-order chi connectivity index (χ1) is 3.39. The predicted octanol–water partition coefficient (Wildman–Crippen LogP) is 0.697. The highest BCUT2D eigenvalue weighted by Crippen LogP contribution is 1.90. The lowest BCUT2D eigenvalue weighted by atomic mass is 10.6. The summed E-state index contributed by atoms with van der Waals surface area (Å²) in [5.41, 5.74) is -0.120. The van der Waals surface area contributed by atoms with E-state index in [9.17, 15) is 0 Å². The van der Waals surface area contributed by atoms with Crippen LogP contribution in [0, 0.1) is 0 Å². The van der Waals surface area contributed by atoms with Crippen molar-refractivity contribution in [3.05, 3.63) is 12.4 Å². The third-order valence-corrected chi connectivity index (χ3v) is 0.872. The van der Waals surface area contributed by atoms with Gasteiger partial charge in [0, 0.05) is 18.6 Å². The zero-order valence-electron chi connectivity index (χ0n) is 3.63. The van der Waals surface area contributed by atoms with Crippen LogP contribution in [0.5, 0.6) is 0 Å². The molecule has 1 heterocycles. The minimum Gasteiger partial charge on any atom is -0.370 e. The highest BCUT2D eigenvalue weighted by Gasteiger charge is 1.94. The van der Waals surface area contributed by atoms with E-state index in [0.29, 0.717) is 0 Å². The Labute approximate surface area is 46.9 Å². The topological polar surface area (TPSA) is 24.4 Å². The van der Waals surface area contributed by atoms with Crippen LogP contribution >= 0.6 is 11.6 Å². The molecule has 0 spiro atoms. The van der Waals surface area contributed by atoms with E-state index in [-0.39, 0.29) is 5.50 Å². The van der Waals surface area contributed by atoms with E-state index in [4.69, 9.17) is 11.6 Å². The number of nitrogens with one attached hydrogen (secondary N) is 1. The third-order valence-electron chi connectivity index (χ3n) is 0.633. The number of aliphatic imine (C=N–C) groups is 1. The summed E-state index contributed by atoms with van der Waals surface area (Å²) in [5.74, 6) is 0. The number of halogens is 1. The quantitative estimate of drug-likeness (QED) is 0.366. The molecule has 1 rings (SSSR count). The van der Waals surface area contributed by atoms with Gasteiger partial charge in [-0.05, 0) is 0 Å². The summed E-state index contributed by atoms with van der Waals surface area (Å²) >= 11 is 5.50. The summed E-state index contributed by atoms with van der Waals surface area (Å²) < 4.78 is 0. The average molecular weight is 117 g/mol. The van der Waals surface area contributed by atoms with Gasteiger partial charge in [0.1, 0.15) is 5.50 Å². The SMILES string of the molecule is ClC1C=NC=CN1. The van der Waals surface area contributed by atoms with Gasteiger partial charge < -0.3 is 5.32 Å². The highest BCUT2D eigenvalue weighted by molar-refractivity contribution is 6.28. The maximum atomic E-state index is 5.50. The van der Waals surface area contributed by atoms with Crippen LogP contribution in [-0.2, 0) is 0 Å². The normalized spacial score (nSPS) is 27.3. The molecule has 1 unspecified atom stereocenters. The Balaban J connectivity index is 2.49. The Morgan fingerprint density at radius 1 is 1.71 bits per heavy atom. The summed E-state index contributed by atoms with van der Waals surface area (Å²) in [6.07, 6.45) is 4.98. The molecule has 0 radical (unpaired) electrons. The molecular weight excluding hydrogens is 112 g/mol. The fourth-order valence-corrected chi connectivity index (χ4v) is 0.484. The smallest absolute Gasteiger partial charge is 0.137 e. The van der Waals surface area contributed by atoms with E-state index >= 15 is 0 Å². The molecule has 1 aliphatic heterocycles. The molecule has 0 amide bonds. The lowest BCUT2D eigenvalue weighted by Gasteiger charge is -2.03. The Bertz CT molecular complexity index is 108. The first kappa shape index (κ1) is 4.65. The van der Waals surface area contributed by atoms with Crippen molar-refractivity contribution in [2.45, 2.75) is 5.50 Å². The van der Waals surface area contributed by atoms with Gasteiger partial charge in [0.15, 0.2) is 0 Å². The summed E-state index contributed by atoms with van der Waals surface area (Å²) in [5, 5.41) is 2.82. The maximum Gasteiger partial charge on any atom is 0.137 e. The molecule has 0 fully saturated rings. The van der Waals surface area contributed by atoms with Crippen molar-refractivity contribution in [3.63, 3.8) is 0 Å². The second kappa shape index (κ2) is 1.98. The second-order valence-corrected chi connectivity index (χ2v) is 1.65. The molecule has 0 saturated heterocycles. The van der Waals surface area contributed by atoms with Crippen LogP contribution in [0.4, 0.5) is 0 Å². The predicted molar refractivity (Wildman–Crippen MR) is 30.4 cm³/mol. The van der Waals surface area contributed by atoms with Crippen molar-refractivity contribution in [1.29, 1.82) is 0 Å². The van der Waals surface area contributed by atoms with E-state index in [1.165, 1.54) is 0 Å². The average Bonchev–Trinajstić information content (AvgIpc) is 1.69. The number of hydrogen-bond acceptors (Lipinski definition) is 2. The molecule has 3 heteroatoms. The monoisotopic (exact) mass is 116 g/mol. The van der Waals surface area contributed by atoms with Gasteiger partial charge in [0.05, 0.1) is 0 Å². The van der Waals surface area contributed by atoms with Gasteiger partial charge in [-0.15, -0.1) is 0 Å². The molecule has 2 nitrogen and oxygen atoms in total. The number of nitrogens with zero attached hydrogens (tertiary/aromatic N) is 1. The summed E-state index contributed by atoms with van der Waals surface area (Å²) in [4.78, 5) is 3.76. The first-order valence-corrected chi connectivity index (χ1v) is 2.42. The van der Waals surface area contributed by atoms with Gasteiger partial charge in [-0.2, -0.15) is 0 Å². The summed E-state index contributed by atoms with van der Waals surface area (Å²) in [6, 6.07) is 0. The molecule has 0 saturated carbocycles. The molecule has 1 aliphatic rings. The molecule has 1 atom stereocenters. The van der Waals surface area contributed by atoms with Crippen LogP contribution < -0.4 is 5.32 Å². The van der Waals surface area contributed by atoms with Crippen LogP contribution in [0.2, 0.25) is 0 Å². The Kier molecular flexibility index (Phi) is 1.32. The van der Waals surface area contributed by atoms with Crippen molar-refractivity contribution in [3.8, 4) is 0 Å². The summed E-state index contributed by atoms with van der Waals surface area (Å²) in [7, 11) is 0. The van der Waals surface area contributed by atoms with Gasteiger partial charge >= 0.3 is 0 Å². The van der Waals surface area contributed by atoms with Crippen LogP contribution in [0.1, 0.15) is 0 Å². The molecule has 0 aromatic rings. The molecule has 1 N–H and O–H groups in total. The van der Waals surface area contributed by atoms with Gasteiger partial charge in [-0.3, -0.25) is 4.99 Å². The lowest BCUT2D eigenvalue weighted by molar-refractivity contribution is 0.942. The van der Waals surface area contributed by atoms with Crippen LogP contribution in [0.25, 0.3) is 0 Å². The van der Waals surface area contributed by atoms with E-state index in [1.54, 1.807) is 18.6 Å². The molecule has 38 valence electrons. The fourth-order valence-electron chi connectivity index (χ4n) is 0.346. The van der Waals surface area contributed by atoms with Crippen molar-refractivity contribution < 1.29 is 0 Å². The van der Waals surface area contributed by atoms with Crippen molar-refractivity contribution in [2.75, 3.05) is 0 Å². The molecular formula is C4H5ClN2. The molecule has 0 bridgehead atoms. The molecule has 0 aliphatic carbocycles. The molecule has 0 aromatic carbocycles. The van der Waals surface area contributed by atoms with Crippen molar-refractivity contribution in [1.82, 2.24) is 5.32 Å². The van der Waals surface area contributed by atoms with E-state index in [0.717, 1.165) is 0 Å².